The minimum Gasteiger partial charge on any atom is -0.382 e. The predicted molar refractivity (Wildman–Crippen MR) is 62.2 cm³/mol. The second-order valence-corrected chi connectivity index (χ2v) is 3.87. The molecule has 1 aromatic rings. The van der Waals surface area contributed by atoms with E-state index in [0.29, 0.717) is 6.04 Å². The first-order chi connectivity index (χ1) is 7.38. The summed E-state index contributed by atoms with van der Waals surface area (Å²) in [6, 6.07) is 8.14. The fraction of sp³-hybridized carbons (Fsp3) is 0.308. The molecule has 0 saturated carbocycles. The average Bonchev–Trinajstić information content (AvgIpc) is 2.31. The summed E-state index contributed by atoms with van der Waals surface area (Å²) in [5.74, 6) is 0. The Hall–Kier alpha value is -1.57. The largest absolute Gasteiger partial charge is 0.382 e. The SMILES string of the molecule is O=Cc1ccc(NC2CC=CCC2)cc1. The van der Waals surface area contributed by atoms with Gasteiger partial charge in [0.25, 0.3) is 0 Å². The van der Waals surface area contributed by atoms with Crippen LogP contribution < -0.4 is 5.32 Å². The first-order valence-corrected chi connectivity index (χ1v) is 5.35. The molecule has 1 aliphatic carbocycles. The number of hydrogen-bond acceptors (Lipinski definition) is 2. The van der Waals surface area contributed by atoms with Gasteiger partial charge in [0, 0.05) is 17.3 Å². The van der Waals surface area contributed by atoms with Crippen molar-refractivity contribution in [2.75, 3.05) is 5.32 Å². The van der Waals surface area contributed by atoms with Crippen molar-refractivity contribution in [3.63, 3.8) is 0 Å². The Morgan fingerprint density at radius 1 is 1.20 bits per heavy atom. The Balaban J connectivity index is 1.98. The van der Waals surface area contributed by atoms with Gasteiger partial charge in [-0.15, -0.1) is 0 Å². The van der Waals surface area contributed by atoms with Crippen LogP contribution in [-0.2, 0) is 0 Å². The molecular formula is C13H15NO. The third kappa shape index (κ3) is 2.69. The molecule has 0 heterocycles. The Labute approximate surface area is 90.0 Å². The van der Waals surface area contributed by atoms with Gasteiger partial charge in [-0.2, -0.15) is 0 Å². The van der Waals surface area contributed by atoms with Crippen LogP contribution in [0.5, 0.6) is 0 Å². The number of hydrogen-bond donors (Lipinski definition) is 1. The maximum atomic E-state index is 10.5. The Morgan fingerprint density at radius 3 is 2.60 bits per heavy atom. The summed E-state index contributed by atoms with van der Waals surface area (Å²) in [6.45, 7) is 0. The highest BCUT2D eigenvalue weighted by molar-refractivity contribution is 5.75. The zero-order chi connectivity index (χ0) is 10.5. The van der Waals surface area contributed by atoms with Crippen molar-refractivity contribution in [1.29, 1.82) is 0 Å². The normalized spacial score (nSPS) is 19.9. The molecule has 2 heteroatoms. The fourth-order valence-corrected chi connectivity index (χ4v) is 1.82. The molecule has 1 N–H and O–H groups in total. The van der Waals surface area contributed by atoms with Crippen LogP contribution in [0.3, 0.4) is 0 Å². The van der Waals surface area contributed by atoms with Crippen molar-refractivity contribution in [2.24, 2.45) is 0 Å². The second-order valence-electron chi connectivity index (χ2n) is 3.87. The van der Waals surface area contributed by atoms with Crippen LogP contribution in [0.15, 0.2) is 36.4 Å². The van der Waals surface area contributed by atoms with Crippen molar-refractivity contribution in [2.45, 2.75) is 25.3 Å². The van der Waals surface area contributed by atoms with Gasteiger partial charge in [0.2, 0.25) is 0 Å². The standard InChI is InChI=1S/C13H15NO/c15-10-11-6-8-13(9-7-11)14-12-4-2-1-3-5-12/h1-2,6-10,12,14H,3-5H2. The first-order valence-electron chi connectivity index (χ1n) is 5.35. The molecule has 2 rings (SSSR count). The van der Waals surface area contributed by atoms with E-state index in [1.165, 1.54) is 6.42 Å². The summed E-state index contributed by atoms with van der Waals surface area (Å²) < 4.78 is 0. The highest BCUT2D eigenvalue weighted by Crippen LogP contribution is 2.17. The van der Waals surface area contributed by atoms with E-state index in [0.717, 1.165) is 30.4 Å². The number of allylic oxidation sites excluding steroid dienone is 1. The summed E-state index contributed by atoms with van der Waals surface area (Å²) >= 11 is 0. The third-order valence-corrected chi connectivity index (χ3v) is 2.69. The summed E-state index contributed by atoms with van der Waals surface area (Å²) in [5, 5.41) is 3.46. The van der Waals surface area contributed by atoms with Gasteiger partial charge < -0.3 is 5.32 Å². The van der Waals surface area contributed by atoms with Crippen LogP contribution in [0.4, 0.5) is 5.69 Å². The number of carbonyl (C=O) groups is 1. The molecule has 0 aromatic heterocycles. The third-order valence-electron chi connectivity index (χ3n) is 2.69. The number of rotatable bonds is 3. The monoisotopic (exact) mass is 201 g/mol. The molecule has 0 bridgehead atoms. The van der Waals surface area contributed by atoms with Crippen LogP contribution >= 0.6 is 0 Å². The summed E-state index contributed by atoms with van der Waals surface area (Å²) in [4.78, 5) is 10.5. The highest BCUT2D eigenvalue weighted by atomic mass is 16.1. The van der Waals surface area contributed by atoms with E-state index in [1.807, 2.05) is 24.3 Å². The minimum absolute atomic E-state index is 0.539. The summed E-state index contributed by atoms with van der Waals surface area (Å²) in [7, 11) is 0. The lowest BCUT2D eigenvalue weighted by atomic mass is 10.0. The number of carbonyl (C=O) groups excluding carboxylic acids is 1. The van der Waals surface area contributed by atoms with E-state index >= 15 is 0 Å². The van der Waals surface area contributed by atoms with E-state index in [4.69, 9.17) is 0 Å². The molecule has 2 nitrogen and oxygen atoms in total. The van der Waals surface area contributed by atoms with Crippen LogP contribution in [-0.4, -0.2) is 12.3 Å². The molecule has 78 valence electrons. The molecule has 0 amide bonds. The topological polar surface area (TPSA) is 29.1 Å². The molecule has 15 heavy (non-hydrogen) atoms. The van der Waals surface area contributed by atoms with Gasteiger partial charge in [0.05, 0.1) is 0 Å². The Kier molecular flexibility index (Phi) is 3.18. The summed E-state index contributed by atoms with van der Waals surface area (Å²) in [6.07, 6.45) is 8.76. The van der Waals surface area contributed by atoms with E-state index in [9.17, 15) is 4.79 Å². The van der Waals surface area contributed by atoms with Crippen LogP contribution in [0, 0.1) is 0 Å². The van der Waals surface area contributed by atoms with Crippen molar-refractivity contribution < 1.29 is 4.79 Å². The van der Waals surface area contributed by atoms with Gasteiger partial charge in [-0.3, -0.25) is 4.79 Å². The molecule has 1 aliphatic rings. The summed E-state index contributed by atoms with van der Waals surface area (Å²) in [5.41, 5.74) is 1.82. The quantitative estimate of drug-likeness (QED) is 0.601. The van der Waals surface area contributed by atoms with Crippen molar-refractivity contribution in [3.05, 3.63) is 42.0 Å². The molecule has 1 aromatic carbocycles. The molecular weight excluding hydrogens is 186 g/mol. The van der Waals surface area contributed by atoms with Gasteiger partial charge in [-0.05, 0) is 43.5 Å². The van der Waals surface area contributed by atoms with Crippen LogP contribution in [0.25, 0.3) is 0 Å². The maximum absolute atomic E-state index is 10.5. The minimum atomic E-state index is 0.539. The Bertz CT molecular complexity index is 353. The van der Waals surface area contributed by atoms with E-state index < -0.39 is 0 Å². The molecule has 0 saturated heterocycles. The lowest BCUT2D eigenvalue weighted by Crippen LogP contribution is -2.20. The van der Waals surface area contributed by atoms with Crippen molar-refractivity contribution in [3.8, 4) is 0 Å². The highest BCUT2D eigenvalue weighted by Gasteiger charge is 2.08. The smallest absolute Gasteiger partial charge is 0.150 e. The van der Waals surface area contributed by atoms with Crippen LogP contribution in [0.2, 0.25) is 0 Å². The van der Waals surface area contributed by atoms with Crippen LogP contribution in [0.1, 0.15) is 29.6 Å². The van der Waals surface area contributed by atoms with Gasteiger partial charge in [0.15, 0.2) is 0 Å². The lowest BCUT2D eigenvalue weighted by molar-refractivity contribution is 0.112. The zero-order valence-electron chi connectivity index (χ0n) is 8.65. The molecule has 0 aliphatic heterocycles. The lowest BCUT2D eigenvalue weighted by Gasteiger charge is -2.20. The second kappa shape index (κ2) is 4.78. The first kappa shape index (κ1) is 9.97. The average molecular weight is 201 g/mol. The van der Waals surface area contributed by atoms with Crippen molar-refractivity contribution >= 4 is 12.0 Å². The molecule has 0 radical (unpaired) electrons. The van der Waals surface area contributed by atoms with E-state index in [2.05, 4.69) is 17.5 Å². The zero-order valence-corrected chi connectivity index (χ0v) is 8.65. The van der Waals surface area contributed by atoms with Gasteiger partial charge in [-0.25, -0.2) is 0 Å². The molecule has 1 atom stereocenters. The van der Waals surface area contributed by atoms with E-state index in [1.54, 1.807) is 0 Å². The number of nitrogens with one attached hydrogen (secondary N) is 1. The number of benzene rings is 1. The Morgan fingerprint density at radius 2 is 2.00 bits per heavy atom. The maximum Gasteiger partial charge on any atom is 0.150 e. The fourth-order valence-electron chi connectivity index (χ4n) is 1.82. The molecule has 0 spiro atoms. The molecule has 0 fully saturated rings. The van der Waals surface area contributed by atoms with E-state index in [-0.39, 0.29) is 0 Å². The van der Waals surface area contributed by atoms with Gasteiger partial charge >= 0.3 is 0 Å². The van der Waals surface area contributed by atoms with Gasteiger partial charge in [0.1, 0.15) is 6.29 Å². The molecule has 1 unspecified atom stereocenters. The number of aldehydes is 1. The van der Waals surface area contributed by atoms with Crippen molar-refractivity contribution in [1.82, 2.24) is 0 Å². The predicted octanol–water partition coefficient (Wildman–Crippen LogP) is 3.02. The number of anilines is 1. The van der Waals surface area contributed by atoms with Gasteiger partial charge in [-0.1, -0.05) is 12.2 Å².